The van der Waals surface area contributed by atoms with Gasteiger partial charge in [-0.15, -0.1) is 0 Å². The van der Waals surface area contributed by atoms with E-state index in [1.807, 2.05) is 0 Å². The molecule has 0 bridgehead atoms. The first-order valence-corrected chi connectivity index (χ1v) is 3.48. The topological polar surface area (TPSA) is 17.1 Å². The Kier molecular flexibility index (Phi) is 4.18. The number of rotatable bonds is 0. The molecule has 11 heavy (non-hydrogen) atoms. The van der Waals surface area contributed by atoms with Gasteiger partial charge < -0.3 is 0 Å². The summed E-state index contributed by atoms with van der Waals surface area (Å²) in [7, 11) is 0. The summed E-state index contributed by atoms with van der Waals surface area (Å²) >= 11 is 8.80. The molecule has 6 heteroatoms. The van der Waals surface area contributed by atoms with E-state index in [4.69, 9.17) is 4.79 Å². The van der Waals surface area contributed by atoms with Gasteiger partial charge in [0.15, 0.2) is 6.17 Å². The number of halogens is 5. The van der Waals surface area contributed by atoms with E-state index >= 15 is 0 Å². The van der Waals surface area contributed by atoms with Crippen LogP contribution in [0, 0.1) is 0 Å². The molecule has 66 valence electrons. The van der Waals surface area contributed by atoms with Crippen molar-refractivity contribution in [3.05, 3.63) is 0 Å². The van der Waals surface area contributed by atoms with Crippen molar-refractivity contribution in [2.45, 2.75) is 24.9 Å². The first-order chi connectivity index (χ1) is 4.86. The number of hydrogen-bond donors (Lipinski definition) is 0. The molecule has 0 radical (unpaired) electrons. The van der Waals surface area contributed by atoms with Crippen molar-refractivity contribution in [3.63, 3.8) is 0 Å². The monoisotopic (exact) mass is 208 g/mol. The molecule has 1 fully saturated rings. The molecule has 1 aliphatic rings. The van der Waals surface area contributed by atoms with Crippen molar-refractivity contribution in [2.75, 3.05) is 0 Å². The minimum atomic E-state index is -2.99. The quantitative estimate of drug-likeness (QED) is 0.559. The van der Waals surface area contributed by atoms with E-state index in [-0.39, 0.29) is 12.8 Å². The van der Waals surface area contributed by atoms with E-state index in [1.165, 1.54) is 0 Å². The lowest BCUT2D eigenvalue weighted by atomic mass is 9.93. The summed E-state index contributed by atoms with van der Waals surface area (Å²) in [5, 5.41) is 0. The Bertz CT molecular complexity index is 147. The molecular weight excluding hydrogens is 204 g/mol. The van der Waals surface area contributed by atoms with Crippen molar-refractivity contribution in [3.8, 4) is 0 Å². The average molecular weight is 209 g/mol. The maximum atomic E-state index is 11.6. The molecule has 1 saturated carbocycles. The van der Waals surface area contributed by atoms with Crippen molar-refractivity contribution in [1.29, 1.82) is 0 Å². The van der Waals surface area contributed by atoms with Gasteiger partial charge in [0.25, 0.3) is 5.92 Å². The van der Waals surface area contributed by atoms with Gasteiger partial charge >= 0.3 is 4.70 Å². The van der Waals surface area contributed by atoms with E-state index in [2.05, 4.69) is 23.2 Å². The molecule has 0 aromatic carbocycles. The second-order valence-corrected chi connectivity index (χ2v) is 2.87. The summed E-state index contributed by atoms with van der Waals surface area (Å²) in [4.78, 5) is 8.98. The third-order valence-electron chi connectivity index (χ3n) is 1.19. The van der Waals surface area contributed by atoms with Crippen LogP contribution in [-0.4, -0.2) is 16.8 Å². The van der Waals surface area contributed by atoms with Crippen LogP contribution >= 0.6 is 23.2 Å². The molecule has 0 amide bonds. The van der Waals surface area contributed by atoms with E-state index in [9.17, 15) is 13.2 Å². The highest BCUT2D eigenvalue weighted by Gasteiger charge is 2.48. The Balaban J connectivity index is 0.000000218. The van der Waals surface area contributed by atoms with Gasteiger partial charge in [-0.1, -0.05) is 0 Å². The molecule has 0 aromatic heterocycles. The zero-order valence-corrected chi connectivity index (χ0v) is 6.80. The van der Waals surface area contributed by atoms with Crippen LogP contribution in [0.2, 0.25) is 0 Å². The fourth-order valence-electron chi connectivity index (χ4n) is 0.472. The number of hydrogen-bond acceptors (Lipinski definition) is 1. The summed E-state index contributed by atoms with van der Waals surface area (Å²) in [5.74, 6) is -2.99. The summed E-state index contributed by atoms with van der Waals surface area (Å²) in [6.45, 7) is 0. The SMILES string of the molecule is FC1CCC1(F)F.O=C(Cl)Cl. The maximum Gasteiger partial charge on any atom is 0.313 e. The minimum Gasteiger partial charge on any atom is -0.262 e. The molecular formula is C5H5Cl2F3O. The lowest BCUT2D eigenvalue weighted by Crippen LogP contribution is -2.40. The summed E-state index contributed by atoms with van der Waals surface area (Å²) < 4.78 is 33.8. The van der Waals surface area contributed by atoms with Crippen LogP contribution in [0.25, 0.3) is 0 Å². The highest BCUT2D eigenvalue weighted by molar-refractivity contribution is 6.93. The molecule has 0 saturated heterocycles. The Morgan fingerprint density at radius 1 is 1.45 bits per heavy atom. The predicted octanol–water partition coefficient (Wildman–Crippen LogP) is 3.34. The van der Waals surface area contributed by atoms with Crippen LogP contribution < -0.4 is 0 Å². The molecule has 1 rings (SSSR count). The minimum absolute atomic E-state index is 0.0347. The molecule has 0 N–H and O–H groups in total. The highest BCUT2D eigenvalue weighted by Crippen LogP contribution is 2.39. The first kappa shape index (κ1) is 11.0. The molecule has 0 aliphatic heterocycles. The molecule has 1 nitrogen and oxygen atoms in total. The second kappa shape index (κ2) is 4.16. The Morgan fingerprint density at radius 3 is 1.73 bits per heavy atom. The normalized spacial score (nSPS) is 26.1. The van der Waals surface area contributed by atoms with E-state index in [0.717, 1.165) is 0 Å². The third-order valence-corrected chi connectivity index (χ3v) is 1.19. The fraction of sp³-hybridized carbons (Fsp3) is 0.800. The third kappa shape index (κ3) is 4.48. The maximum absolute atomic E-state index is 11.6. The zero-order valence-electron chi connectivity index (χ0n) is 5.29. The van der Waals surface area contributed by atoms with Crippen molar-refractivity contribution in [2.24, 2.45) is 0 Å². The van der Waals surface area contributed by atoms with Gasteiger partial charge in [-0.25, -0.2) is 13.2 Å². The molecule has 0 aromatic rings. The van der Waals surface area contributed by atoms with Crippen LogP contribution in [-0.2, 0) is 0 Å². The van der Waals surface area contributed by atoms with Gasteiger partial charge in [-0.3, -0.25) is 4.79 Å². The van der Waals surface area contributed by atoms with Crippen LogP contribution in [0.4, 0.5) is 18.0 Å². The van der Waals surface area contributed by atoms with Crippen molar-refractivity contribution in [1.82, 2.24) is 0 Å². The summed E-state index contributed by atoms with van der Waals surface area (Å²) in [5.41, 5.74) is 0. The van der Waals surface area contributed by atoms with Crippen LogP contribution in [0.15, 0.2) is 0 Å². The summed E-state index contributed by atoms with van der Waals surface area (Å²) in [6, 6.07) is 0. The molecule has 0 heterocycles. The zero-order chi connectivity index (χ0) is 9.07. The van der Waals surface area contributed by atoms with Crippen LogP contribution in [0.5, 0.6) is 0 Å². The van der Waals surface area contributed by atoms with Gasteiger partial charge in [0.1, 0.15) is 0 Å². The van der Waals surface area contributed by atoms with Gasteiger partial charge in [-0.2, -0.15) is 0 Å². The van der Waals surface area contributed by atoms with E-state index in [0.29, 0.717) is 0 Å². The first-order valence-electron chi connectivity index (χ1n) is 2.73. The highest BCUT2D eigenvalue weighted by atomic mass is 35.5. The van der Waals surface area contributed by atoms with Crippen LogP contribution in [0.3, 0.4) is 0 Å². The predicted molar refractivity (Wildman–Crippen MR) is 36.2 cm³/mol. The molecule has 0 spiro atoms. The lowest BCUT2D eigenvalue weighted by Gasteiger charge is -2.29. The molecule has 1 atom stereocenters. The van der Waals surface area contributed by atoms with Crippen molar-refractivity contribution < 1.29 is 18.0 Å². The number of carbonyl (C=O) groups excluding carboxylic acids is 1. The van der Waals surface area contributed by atoms with Gasteiger partial charge in [0.2, 0.25) is 0 Å². The fourth-order valence-corrected chi connectivity index (χ4v) is 0.472. The Labute approximate surface area is 71.5 Å². The largest absolute Gasteiger partial charge is 0.313 e. The number of carbonyl (C=O) groups is 1. The molecule has 1 aliphatic carbocycles. The standard InChI is InChI=1S/C4H5F3.CCl2O/c5-3-1-2-4(3,6)7;2-1(3)4/h3H,1-2H2;. The van der Waals surface area contributed by atoms with E-state index in [1.54, 1.807) is 0 Å². The lowest BCUT2D eigenvalue weighted by molar-refractivity contribution is -0.141. The Hall–Kier alpha value is 0.0400. The van der Waals surface area contributed by atoms with Gasteiger partial charge in [-0.05, 0) is 29.6 Å². The van der Waals surface area contributed by atoms with E-state index < -0.39 is 16.8 Å². The average Bonchev–Trinajstić information content (AvgIpc) is 1.84. The number of alkyl halides is 3. The molecule has 1 unspecified atom stereocenters. The van der Waals surface area contributed by atoms with Crippen LogP contribution in [0.1, 0.15) is 12.8 Å². The van der Waals surface area contributed by atoms with Gasteiger partial charge in [0.05, 0.1) is 0 Å². The van der Waals surface area contributed by atoms with Crippen molar-refractivity contribution >= 4 is 27.9 Å². The Morgan fingerprint density at radius 2 is 1.73 bits per heavy atom. The smallest absolute Gasteiger partial charge is 0.262 e. The summed E-state index contributed by atoms with van der Waals surface area (Å²) in [6.07, 6.45) is -2.09. The second-order valence-electron chi connectivity index (χ2n) is 1.99. The van der Waals surface area contributed by atoms with Gasteiger partial charge in [0, 0.05) is 6.42 Å².